The van der Waals surface area contributed by atoms with Crippen molar-refractivity contribution in [3.05, 3.63) is 34.9 Å². The van der Waals surface area contributed by atoms with E-state index in [0.29, 0.717) is 24.4 Å². The summed E-state index contributed by atoms with van der Waals surface area (Å²) in [6.07, 6.45) is 0.923. The summed E-state index contributed by atoms with van der Waals surface area (Å²) in [5, 5.41) is 0.649. The highest BCUT2D eigenvalue weighted by molar-refractivity contribution is 6.30. The van der Waals surface area contributed by atoms with Crippen LogP contribution in [-0.2, 0) is 20.9 Å². The molecule has 18 heavy (non-hydrogen) atoms. The Kier molecular flexibility index (Phi) is 3.87. The van der Waals surface area contributed by atoms with E-state index in [1.165, 1.54) is 7.11 Å². The summed E-state index contributed by atoms with van der Waals surface area (Å²) >= 11 is 5.80. The summed E-state index contributed by atoms with van der Waals surface area (Å²) in [6.45, 7) is 0.412. The smallest absolute Gasteiger partial charge is 0.328 e. The van der Waals surface area contributed by atoms with Crippen molar-refractivity contribution < 1.29 is 14.3 Å². The van der Waals surface area contributed by atoms with Crippen molar-refractivity contribution in [2.45, 2.75) is 25.4 Å². The number of nitrogens with zero attached hydrogens (tertiary/aromatic N) is 1. The molecule has 0 bridgehead atoms. The first kappa shape index (κ1) is 12.9. The number of rotatable bonds is 3. The maximum Gasteiger partial charge on any atom is 0.328 e. The fourth-order valence-corrected chi connectivity index (χ4v) is 2.23. The van der Waals surface area contributed by atoms with E-state index in [4.69, 9.17) is 16.3 Å². The third-order valence-corrected chi connectivity index (χ3v) is 3.32. The molecule has 1 aromatic carbocycles. The summed E-state index contributed by atoms with van der Waals surface area (Å²) in [5.41, 5.74) is 0.948. The number of esters is 1. The van der Waals surface area contributed by atoms with Gasteiger partial charge in [-0.3, -0.25) is 4.79 Å². The topological polar surface area (TPSA) is 46.6 Å². The SMILES string of the molecule is COC(=O)[C@@H]1CCC(=O)N1Cc1ccc(Cl)cc1. The molecule has 0 saturated carbocycles. The molecule has 0 aromatic heterocycles. The minimum absolute atomic E-state index is 0.0136. The highest BCUT2D eigenvalue weighted by Crippen LogP contribution is 2.23. The molecule has 5 heteroatoms. The quantitative estimate of drug-likeness (QED) is 0.787. The van der Waals surface area contributed by atoms with Crippen molar-refractivity contribution in [2.75, 3.05) is 7.11 Å². The van der Waals surface area contributed by atoms with Gasteiger partial charge in [-0.25, -0.2) is 4.79 Å². The molecule has 96 valence electrons. The summed E-state index contributed by atoms with van der Waals surface area (Å²) in [7, 11) is 1.34. The van der Waals surface area contributed by atoms with Gasteiger partial charge in [0.05, 0.1) is 7.11 Å². The maximum atomic E-state index is 11.8. The third-order valence-electron chi connectivity index (χ3n) is 3.07. The highest BCUT2D eigenvalue weighted by atomic mass is 35.5. The first-order valence-electron chi connectivity index (χ1n) is 5.73. The zero-order valence-electron chi connectivity index (χ0n) is 10.1. The average molecular weight is 268 g/mol. The first-order chi connectivity index (χ1) is 8.61. The minimum atomic E-state index is -0.460. The summed E-state index contributed by atoms with van der Waals surface area (Å²) < 4.78 is 4.72. The van der Waals surface area contributed by atoms with Crippen LogP contribution in [0.2, 0.25) is 5.02 Å². The Morgan fingerprint density at radius 3 is 2.72 bits per heavy atom. The summed E-state index contributed by atoms with van der Waals surface area (Å²) in [5.74, 6) is -0.366. The number of halogens is 1. The van der Waals surface area contributed by atoms with Gasteiger partial charge in [-0.2, -0.15) is 0 Å². The fraction of sp³-hybridized carbons (Fsp3) is 0.385. The molecule has 1 heterocycles. The molecule has 1 aliphatic rings. The van der Waals surface area contributed by atoms with Gasteiger partial charge in [-0.15, -0.1) is 0 Å². The molecule has 0 aliphatic carbocycles. The van der Waals surface area contributed by atoms with Crippen LogP contribution in [0.5, 0.6) is 0 Å². The fourth-order valence-electron chi connectivity index (χ4n) is 2.10. The van der Waals surface area contributed by atoms with Gasteiger partial charge in [0.2, 0.25) is 5.91 Å². The second-order valence-corrected chi connectivity index (χ2v) is 4.66. The van der Waals surface area contributed by atoms with E-state index < -0.39 is 6.04 Å². The lowest BCUT2D eigenvalue weighted by molar-refractivity contribution is -0.149. The van der Waals surface area contributed by atoms with Crippen LogP contribution in [0.3, 0.4) is 0 Å². The normalized spacial score (nSPS) is 19.1. The Balaban J connectivity index is 2.12. The number of benzene rings is 1. The van der Waals surface area contributed by atoms with E-state index in [9.17, 15) is 9.59 Å². The second kappa shape index (κ2) is 5.40. The van der Waals surface area contributed by atoms with Crippen LogP contribution in [0.1, 0.15) is 18.4 Å². The molecule has 0 radical (unpaired) electrons. The van der Waals surface area contributed by atoms with Gasteiger partial charge in [-0.1, -0.05) is 23.7 Å². The predicted octanol–water partition coefficient (Wildman–Crippen LogP) is 2.00. The van der Waals surface area contributed by atoms with E-state index in [-0.39, 0.29) is 11.9 Å². The molecule has 1 aliphatic heterocycles. The number of amides is 1. The number of likely N-dealkylation sites (tertiary alicyclic amines) is 1. The zero-order valence-corrected chi connectivity index (χ0v) is 10.8. The Bertz CT molecular complexity index is 458. The van der Waals surface area contributed by atoms with Crippen LogP contribution in [0.15, 0.2) is 24.3 Å². The van der Waals surface area contributed by atoms with Crippen LogP contribution < -0.4 is 0 Å². The predicted molar refractivity (Wildman–Crippen MR) is 67.0 cm³/mol. The van der Waals surface area contributed by atoms with E-state index in [1.54, 1.807) is 17.0 Å². The molecule has 0 unspecified atom stereocenters. The van der Waals surface area contributed by atoms with Gasteiger partial charge in [0.15, 0.2) is 0 Å². The van der Waals surface area contributed by atoms with E-state index in [2.05, 4.69) is 0 Å². The third kappa shape index (κ3) is 2.64. The minimum Gasteiger partial charge on any atom is -0.467 e. The molecule has 1 fully saturated rings. The molecule has 1 aromatic rings. The Hall–Kier alpha value is -1.55. The van der Waals surface area contributed by atoms with Gasteiger partial charge < -0.3 is 9.64 Å². The maximum absolute atomic E-state index is 11.8. The van der Waals surface area contributed by atoms with E-state index in [0.717, 1.165) is 5.56 Å². The van der Waals surface area contributed by atoms with E-state index in [1.807, 2.05) is 12.1 Å². The number of carbonyl (C=O) groups excluding carboxylic acids is 2. The standard InChI is InChI=1S/C13H14ClNO3/c1-18-13(17)11-6-7-12(16)15(11)8-9-2-4-10(14)5-3-9/h2-5,11H,6-8H2,1H3/t11-/m0/s1. The van der Waals surface area contributed by atoms with Gasteiger partial charge >= 0.3 is 5.97 Å². The van der Waals surface area contributed by atoms with Gasteiger partial charge in [0.1, 0.15) is 6.04 Å². The average Bonchev–Trinajstić information content (AvgIpc) is 2.73. The van der Waals surface area contributed by atoms with Crippen molar-refractivity contribution >= 4 is 23.5 Å². The van der Waals surface area contributed by atoms with Crippen molar-refractivity contribution in [3.63, 3.8) is 0 Å². The second-order valence-electron chi connectivity index (χ2n) is 4.23. The summed E-state index contributed by atoms with van der Waals surface area (Å²) in [6, 6.07) is 6.78. The van der Waals surface area contributed by atoms with Gasteiger partial charge in [0.25, 0.3) is 0 Å². The molecule has 4 nitrogen and oxygen atoms in total. The van der Waals surface area contributed by atoms with Crippen LogP contribution in [-0.4, -0.2) is 29.9 Å². The molecular formula is C13H14ClNO3. The first-order valence-corrected chi connectivity index (χ1v) is 6.11. The number of methoxy groups -OCH3 is 1. The molecule has 1 saturated heterocycles. The Morgan fingerprint density at radius 2 is 2.11 bits per heavy atom. The molecule has 0 spiro atoms. The number of hydrogen-bond acceptors (Lipinski definition) is 3. The van der Waals surface area contributed by atoms with Crippen LogP contribution in [0.25, 0.3) is 0 Å². The number of carbonyl (C=O) groups is 2. The van der Waals surface area contributed by atoms with Gasteiger partial charge in [-0.05, 0) is 24.1 Å². The van der Waals surface area contributed by atoms with Crippen molar-refractivity contribution in [1.82, 2.24) is 4.90 Å². The van der Waals surface area contributed by atoms with Crippen LogP contribution >= 0.6 is 11.6 Å². The Morgan fingerprint density at radius 1 is 1.44 bits per heavy atom. The largest absolute Gasteiger partial charge is 0.467 e. The zero-order chi connectivity index (χ0) is 13.1. The summed E-state index contributed by atoms with van der Waals surface area (Å²) in [4.78, 5) is 24.9. The molecular weight excluding hydrogens is 254 g/mol. The van der Waals surface area contributed by atoms with Crippen LogP contribution in [0, 0.1) is 0 Å². The molecule has 1 amide bonds. The molecule has 0 N–H and O–H groups in total. The van der Waals surface area contributed by atoms with Crippen molar-refractivity contribution in [1.29, 1.82) is 0 Å². The number of ether oxygens (including phenoxy) is 1. The van der Waals surface area contributed by atoms with Gasteiger partial charge in [0, 0.05) is 18.0 Å². The molecule has 1 atom stereocenters. The van der Waals surface area contributed by atoms with Crippen LogP contribution in [0.4, 0.5) is 0 Å². The lowest BCUT2D eigenvalue weighted by atomic mass is 10.2. The number of hydrogen-bond donors (Lipinski definition) is 0. The highest BCUT2D eigenvalue weighted by Gasteiger charge is 2.36. The Labute approximate surface area is 110 Å². The lowest BCUT2D eigenvalue weighted by Crippen LogP contribution is -2.38. The monoisotopic (exact) mass is 267 g/mol. The lowest BCUT2D eigenvalue weighted by Gasteiger charge is -2.22. The molecule has 2 rings (SSSR count). The van der Waals surface area contributed by atoms with Crippen molar-refractivity contribution in [2.24, 2.45) is 0 Å². The van der Waals surface area contributed by atoms with E-state index >= 15 is 0 Å². The van der Waals surface area contributed by atoms with Crippen molar-refractivity contribution in [3.8, 4) is 0 Å².